The Balaban J connectivity index is 2.43. The van der Waals surface area contributed by atoms with Crippen molar-refractivity contribution >= 4 is 16.9 Å². The summed E-state index contributed by atoms with van der Waals surface area (Å²) in [5.74, 6) is -2.46. The highest BCUT2D eigenvalue weighted by Crippen LogP contribution is 2.40. The molecule has 0 unspecified atom stereocenters. The van der Waals surface area contributed by atoms with Crippen molar-refractivity contribution in [2.45, 2.75) is 20.0 Å². The third kappa shape index (κ3) is 3.02. The van der Waals surface area contributed by atoms with Gasteiger partial charge in [-0.3, -0.25) is 4.79 Å². The number of benzene rings is 1. The quantitative estimate of drug-likeness (QED) is 0.608. The number of methoxy groups -OCH3 is 2. The normalized spacial score (nSPS) is 11.7. The zero-order valence-electron chi connectivity index (χ0n) is 15.3. The monoisotopic (exact) mass is 396 g/mol. The fourth-order valence-electron chi connectivity index (χ4n) is 2.97. The minimum atomic E-state index is -4.96. The molecule has 1 aromatic carbocycles. The Kier molecular flexibility index (Phi) is 4.70. The molecular weight excluding hydrogens is 381 g/mol. The van der Waals surface area contributed by atoms with E-state index in [0.717, 1.165) is 13.2 Å². The Hall–Kier alpha value is -3.23. The van der Waals surface area contributed by atoms with Crippen molar-refractivity contribution in [3.8, 4) is 16.9 Å². The van der Waals surface area contributed by atoms with E-state index in [-0.39, 0.29) is 39.4 Å². The van der Waals surface area contributed by atoms with Crippen molar-refractivity contribution in [1.29, 1.82) is 0 Å². The molecule has 0 saturated heterocycles. The minimum Gasteiger partial charge on any atom is -0.496 e. The molecule has 2 heterocycles. The van der Waals surface area contributed by atoms with Crippen LogP contribution in [0.3, 0.4) is 0 Å². The molecule has 0 bridgehead atoms. The van der Waals surface area contributed by atoms with Crippen LogP contribution < -0.4 is 10.2 Å². The van der Waals surface area contributed by atoms with Gasteiger partial charge in [0.25, 0.3) is 0 Å². The molecule has 0 aliphatic carbocycles. The summed E-state index contributed by atoms with van der Waals surface area (Å²) in [7, 11) is 2.45. The van der Waals surface area contributed by atoms with Crippen molar-refractivity contribution in [2.24, 2.45) is 0 Å². The molecule has 148 valence electrons. The zero-order valence-corrected chi connectivity index (χ0v) is 15.3. The first kappa shape index (κ1) is 19.5. The van der Waals surface area contributed by atoms with Gasteiger partial charge in [-0.1, -0.05) is 0 Å². The van der Waals surface area contributed by atoms with Crippen LogP contribution in [-0.2, 0) is 10.9 Å². The second-order valence-electron chi connectivity index (χ2n) is 5.97. The second kappa shape index (κ2) is 6.74. The number of aryl methyl sites for hydroxylation is 2. The number of rotatable bonds is 3. The smallest absolute Gasteiger partial charge is 0.450 e. The highest BCUT2D eigenvalue weighted by molar-refractivity contribution is 5.91. The first-order valence-electron chi connectivity index (χ1n) is 8.00. The molecule has 0 aliphatic rings. The average molecular weight is 396 g/mol. The first-order chi connectivity index (χ1) is 13.1. The van der Waals surface area contributed by atoms with Gasteiger partial charge in [-0.25, -0.2) is 4.79 Å². The number of carbonyl (C=O) groups excluding carboxylic acids is 1. The number of ether oxygens (including phenoxy) is 2. The Morgan fingerprint density at radius 3 is 2.36 bits per heavy atom. The summed E-state index contributed by atoms with van der Waals surface area (Å²) in [4.78, 5) is 24.6. The van der Waals surface area contributed by atoms with Gasteiger partial charge in [0.05, 0.1) is 25.2 Å². The molecule has 0 N–H and O–H groups in total. The Bertz CT molecular complexity index is 1140. The maximum absolute atomic E-state index is 13.7. The van der Waals surface area contributed by atoms with Crippen molar-refractivity contribution in [1.82, 2.24) is 0 Å². The molecule has 0 atom stereocenters. The van der Waals surface area contributed by atoms with Crippen LogP contribution in [-0.4, -0.2) is 20.2 Å². The van der Waals surface area contributed by atoms with Crippen LogP contribution in [0.1, 0.15) is 27.6 Å². The van der Waals surface area contributed by atoms with Crippen molar-refractivity contribution in [2.75, 3.05) is 14.2 Å². The lowest BCUT2D eigenvalue weighted by Crippen LogP contribution is -2.16. The van der Waals surface area contributed by atoms with Crippen LogP contribution in [0.15, 0.2) is 31.8 Å². The average Bonchev–Trinajstić information content (AvgIpc) is 3.02. The van der Waals surface area contributed by atoms with Gasteiger partial charge >= 0.3 is 12.1 Å². The fraction of sp³-hybridized carbons (Fsp3) is 0.263. The second-order valence-corrected chi connectivity index (χ2v) is 5.97. The molecule has 0 fully saturated rings. The molecule has 0 aliphatic heterocycles. The number of fused-ring (bicyclic) bond motifs is 1. The van der Waals surface area contributed by atoms with E-state index < -0.39 is 28.9 Å². The van der Waals surface area contributed by atoms with E-state index in [9.17, 15) is 22.8 Å². The molecule has 0 amide bonds. The Morgan fingerprint density at radius 2 is 1.79 bits per heavy atom. The van der Waals surface area contributed by atoms with Crippen LogP contribution in [0.4, 0.5) is 13.2 Å². The van der Waals surface area contributed by atoms with Gasteiger partial charge in [-0.2, -0.15) is 13.2 Å². The number of hydrogen-bond acceptors (Lipinski definition) is 6. The summed E-state index contributed by atoms with van der Waals surface area (Å²) in [6, 6.07) is 3.83. The molecule has 3 rings (SSSR count). The summed E-state index contributed by atoms with van der Waals surface area (Å²) in [6.45, 7) is 2.83. The van der Waals surface area contributed by atoms with E-state index >= 15 is 0 Å². The van der Waals surface area contributed by atoms with E-state index in [2.05, 4.69) is 4.74 Å². The van der Waals surface area contributed by atoms with Crippen LogP contribution >= 0.6 is 0 Å². The van der Waals surface area contributed by atoms with Crippen molar-refractivity contribution < 1.29 is 36.3 Å². The molecule has 0 spiro atoms. The van der Waals surface area contributed by atoms with Gasteiger partial charge in [-0.15, -0.1) is 0 Å². The summed E-state index contributed by atoms with van der Waals surface area (Å²) >= 11 is 0. The van der Waals surface area contributed by atoms with Crippen LogP contribution in [0, 0.1) is 13.8 Å². The van der Waals surface area contributed by atoms with Crippen LogP contribution in [0.2, 0.25) is 0 Å². The third-order valence-corrected chi connectivity index (χ3v) is 4.31. The summed E-state index contributed by atoms with van der Waals surface area (Å²) < 4.78 is 61.1. The molecule has 6 nitrogen and oxygen atoms in total. The summed E-state index contributed by atoms with van der Waals surface area (Å²) in [6.07, 6.45) is -4.96. The van der Waals surface area contributed by atoms with Gasteiger partial charge in [-0.05, 0) is 32.0 Å². The molecule has 3 aromatic rings. The van der Waals surface area contributed by atoms with Crippen molar-refractivity contribution in [3.05, 3.63) is 51.3 Å². The number of hydrogen-bond donors (Lipinski definition) is 0. The standard InChI is InChI=1S/C19H15F3O6/c1-8-12(25-3)6-5-10-15(23)14(17(19(20,21)22)28-16(8)10)11-7-13(18(24)26-4)27-9(11)2/h5-7H,1-4H3. The molecule has 2 aromatic heterocycles. The summed E-state index contributed by atoms with van der Waals surface area (Å²) in [5.41, 5.74) is -1.81. The van der Waals surface area contributed by atoms with Gasteiger partial charge in [0, 0.05) is 11.1 Å². The van der Waals surface area contributed by atoms with Gasteiger partial charge < -0.3 is 18.3 Å². The Labute approximate surface area is 156 Å². The minimum absolute atomic E-state index is 0.0530. The van der Waals surface area contributed by atoms with Gasteiger partial charge in [0.2, 0.25) is 16.9 Å². The molecule has 9 heteroatoms. The first-order valence-corrected chi connectivity index (χ1v) is 8.00. The van der Waals surface area contributed by atoms with Gasteiger partial charge in [0.15, 0.2) is 0 Å². The highest BCUT2D eigenvalue weighted by atomic mass is 19.4. The number of halogens is 3. The Morgan fingerprint density at radius 1 is 1.11 bits per heavy atom. The van der Waals surface area contributed by atoms with E-state index in [1.165, 1.54) is 33.1 Å². The number of esters is 1. The van der Waals surface area contributed by atoms with E-state index in [4.69, 9.17) is 13.6 Å². The van der Waals surface area contributed by atoms with E-state index in [1.54, 1.807) is 0 Å². The summed E-state index contributed by atoms with van der Waals surface area (Å²) in [5, 5.41) is -0.0541. The fourth-order valence-corrected chi connectivity index (χ4v) is 2.97. The number of carbonyl (C=O) groups is 1. The maximum Gasteiger partial charge on any atom is 0.450 e. The van der Waals surface area contributed by atoms with Crippen LogP contribution in [0.5, 0.6) is 5.75 Å². The third-order valence-electron chi connectivity index (χ3n) is 4.31. The lowest BCUT2D eigenvalue weighted by atomic mass is 10.0. The lowest BCUT2D eigenvalue weighted by Gasteiger charge is -2.14. The predicted octanol–water partition coefficient (Wildman–Crippen LogP) is 4.48. The van der Waals surface area contributed by atoms with Crippen LogP contribution in [0.25, 0.3) is 22.1 Å². The van der Waals surface area contributed by atoms with E-state index in [1.807, 2.05) is 0 Å². The largest absolute Gasteiger partial charge is 0.496 e. The molecule has 28 heavy (non-hydrogen) atoms. The predicted molar refractivity (Wildman–Crippen MR) is 92.6 cm³/mol. The SMILES string of the molecule is COC(=O)c1cc(-c2c(C(F)(F)F)oc3c(C)c(OC)ccc3c2=O)c(C)o1. The molecular formula is C19H15F3O6. The number of alkyl halides is 3. The zero-order chi connectivity index (χ0) is 20.8. The van der Waals surface area contributed by atoms with Crippen molar-refractivity contribution in [3.63, 3.8) is 0 Å². The molecule has 0 saturated carbocycles. The lowest BCUT2D eigenvalue weighted by molar-refractivity contribution is -0.152. The van der Waals surface area contributed by atoms with E-state index in [0.29, 0.717) is 0 Å². The maximum atomic E-state index is 13.7. The van der Waals surface area contributed by atoms with Gasteiger partial charge in [0.1, 0.15) is 17.1 Å². The topological polar surface area (TPSA) is 78.9 Å². The molecule has 0 radical (unpaired) electrons. The number of furan rings is 1. The highest BCUT2D eigenvalue weighted by Gasteiger charge is 2.40.